The summed E-state index contributed by atoms with van der Waals surface area (Å²) in [5.74, 6) is 1.84. The van der Waals surface area contributed by atoms with Crippen LogP contribution in [-0.4, -0.2) is 64.8 Å². The Bertz CT molecular complexity index is 1370. The van der Waals surface area contributed by atoms with Crippen LogP contribution in [0.2, 0.25) is 0 Å². The fraction of sp³-hybridized carbons (Fsp3) is 0.375. The normalized spacial score (nSPS) is 16.0. The number of carbonyl (C=O) groups is 2. The maximum absolute atomic E-state index is 14.0. The Labute approximate surface area is 241 Å². The molecule has 0 saturated heterocycles. The fourth-order valence-electron chi connectivity index (χ4n) is 5.24. The molecular formula is C32H38N2O7. The third-order valence-corrected chi connectivity index (χ3v) is 7.24. The molecule has 2 atom stereocenters. The molecule has 2 amide bonds. The molecule has 0 saturated carbocycles. The van der Waals surface area contributed by atoms with Gasteiger partial charge in [-0.05, 0) is 73.4 Å². The first kappa shape index (κ1) is 29.6. The number of carbonyl (C=O) groups excluding carboxylic acids is 2. The van der Waals surface area contributed by atoms with Crippen LogP contribution in [0.15, 0.2) is 54.6 Å². The molecule has 0 spiro atoms. The van der Waals surface area contributed by atoms with Crippen molar-refractivity contribution in [3.8, 4) is 28.7 Å². The minimum atomic E-state index is -0.694. The Morgan fingerprint density at radius 2 is 1.49 bits per heavy atom. The predicted octanol–water partition coefficient (Wildman–Crippen LogP) is 4.78. The summed E-state index contributed by atoms with van der Waals surface area (Å²) < 4.78 is 27.7. The van der Waals surface area contributed by atoms with Crippen molar-refractivity contribution in [2.45, 2.75) is 32.2 Å². The second kappa shape index (κ2) is 13.3. The van der Waals surface area contributed by atoms with Crippen LogP contribution in [-0.2, 0) is 11.2 Å². The van der Waals surface area contributed by atoms with Gasteiger partial charge in [-0.25, -0.2) is 0 Å². The molecule has 1 N–H and O–H groups in total. The molecule has 9 nitrogen and oxygen atoms in total. The zero-order valence-electron chi connectivity index (χ0n) is 24.5. The number of methoxy groups -OCH3 is 3. The molecule has 0 unspecified atom stereocenters. The smallest absolute Gasteiger partial charge is 0.254 e. The van der Waals surface area contributed by atoms with Gasteiger partial charge in [0.15, 0.2) is 23.0 Å². The molecule has 1 heterocycles. The van der Waals surface area contributed by atoms with Gasteiger partial charge in [-0.2, -0.15) is 0 Å². The van der Waals surface area contributed by atoms with E-state index in [4.69, 9.17) is 23.7 Å². The van der Waals surface area contributed by atoms with Crippen LogP contribution in [0.25, 0.3) is 0 Å². The molecule has 41 heavy (non-hydrogen) atoms. The van der Waals surface area contributed by atoms with Gasteiger partial charge in [0.05, 0.1) is 46.5 Å². The van der Waals surface area contributed by atoms with Gasteiger partial charge >= 0.3 is 0 Å². The Kier molecular flexibility index (Phi) is 9.60. The fourth-order valence-corrected chi connectivity index (χ4v) is 5.24. The first-order chi connectivity index (χ1) is 19.9. The molecule has 1 aliphatic heterocycles. The highest BCUT2D eigenvalue weighted by Crippen LogP contribution is 2.45. The SMILES string of the molecule is CCOc1ccc(CCNC(=O)[C@@H]2c3cc(OC)c(OC)cc3C(=O)N(C)[C@@H]2c2ccc(OC)cc2)cc1OCC. The number of likely N-dealkylation sites (N-methyl/N-ethyl adjacent to an activating group) is 1. The van der Waals surface area contributed by atoms with E-state index in [-0.39, 0.29) is 11.8 Å². The van der Waals surface area contributed by atoms with Crippen molar-refractivity contribution >= 4 is 11.8 Å². The van der Waals surface area contributed by atoms with Crippen LogP contribution in [0.1, 0.15) is 52.9 Å². The number of nitrogens with one attached hydrogen (secondary N) is 1. The average molecular weight is 563 g/mol. The highest BCUT2D eigenvalue weighted by atomic mass is 16.5. The van der Waals surface area contributed by atoms with Crippen LogP contribution in [0.3, 0.4) is 0 Å². The van der Waals surface area contributed by atoms with Gasteiger partial charge in [-0.1, -0.05) is 18.2 Å². The van der Waals surface area contributed by atoms with Crippen LogP contribution in [0, 0.1) is 0 Å². The first-order valence-corrected chi connectivity index (χ1v) is 13.7. The van der Waals surface area contributed by atoms with E-state index >= 15 is 0 Å². The van der Waals surface area contributed by atoms with Gasteiger partial charge in [-0.3, -0.25) is 9.59 Å². The zero-order chi connectivity index (χ0) is 29.5. The summed E-state index contributed by atoms with van der Waals surface area (Å²) in [7, 11) is 6.36. The van der Waals surface area contributed by atoms with Crippen LogP contribution >= 0.6 is 0 Å². The second-order valence-electron chi connectivity index (χ2n) is 9.59. The van der Waals surface area contributed by atoms with Crippen molar-refractivity contribution in [3.05, 3.63) is 76.9 Å². The van der Waals surface area contributed by atoms with Gasteiger partial charge in [0, 0.05) is 19.2 Å². The number of amides is 2. The molecule has 9 heteroatoms. The molecule has 0 aliphatic carbocycles. The summed E-state index contributed by atoms with van der Waals surface area (Å²) in [4.78, 5) is 29.2. The standard InChI is InChI=1S/C32H38N2O7/c1-7-40-25-14-9-20(17-28(25)41-8-2)15-16-33-31(35)29-23-18-26(38-5)27(39-6)19-24(23)32(36)34(3)30(29)21-10-12-22(37-4)13-11-21/h9-14,17-19,29-30H,7-8,15-16H2,1-6H3,(H,33,35)/t29-,30-/m1/s1. The Hall–Kier alpha value is -4.40. The summed E-state index contributed by atoms with van der Waals surface area (Å²) in [6.45, 7) is 5.31. The molecule has 0 aromatic heterocycles. The molecule has 0 fully saturated rings. The largest absolute Gasteiger partial charge is 0.497 e. The molecule has 1 aliphatic rings. The van der Waals surface area contributed by atoms with Crippen LogP contribution < -0.4 is 29.0 Å². The Morgan fingerprint density at radius 3 is 2.12 bits per heavy atom. The first-order valence-electron chi connectivity index (χ1n) is 13.7. The number of rotatable bonds is 12. The van der Waals surface area contributed by atoms with Crippen molar-refractivity contribution in [1.29, 1.82) is 0 Å². The van der Waals surface area contributed by atoms with E-state index < -0.39 is 12.0 Å². The van der Waals surface area contributed by atoms with Crippen molar-refractivity contribution in [2.75, 3.05) is 48.1 Å². The molecule has 3 aromatic rings. The zero-order valence-corrected chi connectivity index (χ0v) is 24.5. The van der Waals surface area contributed by atoms with E-state index in [1.807, 2.05) is 56.3 Å². The lowest BCUT2D eigenvalue weighted by Crippen LogP contribution is -2.46. The highest BCUT2D eigenvalue weighted by Gasteiger charge is 2.43. The lowest BCUT2D eigenvalue weighted by molar-refractivity contribution is -0.124. The number of hydrogen-bond acceptors (Lipinski definition) is 7. The molecule has 218 valence electrons. The number of benzene rings is 3. The van der Waals surface area contributed by atoms with Gasteiger partial charge in [0.2, 0.25) is 5.91 Å². The molecule has 4 rings (SSSR count). The molecule has 3 aromatic carbocycles. The Morgan fingerprint density at radius 1 is 0.829 bits per heavy atom. The third kappa shape index (κ3) is 6.19. The van der Waals surface area contributed by atoms with E-state index in [1.165, 1.54) is 14.2 Å². The second-order valence-corrected chi connectivity index (χ2v) is 9.59. The van der Waals surface area contributed by atoms with E-state index in [0.29, 0.717) is 66.1 Å². The van der Waals surface area contributed by atoms with Crippen molar-refractivity contribution < 1.29 is 33.3 Å². The van der Waals surface area contributed by atoms with E-state index in [0.717, 1.165) is 11.1 Å². The maximum Gasteiger partial charge on any atom is 0.254 e. The van der Waals surface area contributed by atoms with Crippen molar-refractivity contribution in [3.63, 3.8) is 0 Å². The summed E-state index contributed by atoms with van der Waals surface area (Å²) in [6.07, 6.45) is 0.589. The van der Waals surface area contributed by atoms with Gasteiger partial charge in [-0.15, -0.1) is 0 Å². The quantitative estimate of drug-likeness (QED) is 0.340. The Balaban J connectivity index is 1.66. The maximum atomic E-state index is 14.0. The van der Waals surface area contributed by atoms with E-state index in [1.54, 1.807) is 31.2 Å². The van der Waals surface area contributed by atoms with E-state index in [9.17, 15) is 9.59 Å². The predicted molar refractivity (Wildman–Crippen MR) is 156 cm³/mol. The monoisotopic (exact) mass is 562 g/mol. The summed E-state index contributed by atoms with van der Waals surface area (Å²) in [6, 6.07) is 16.1. The third-order valence-electron chi connectivity index (χ3n) is 7.24. The molecule has 0 bridgehead atoms. The number of ether oxygens (including phenoxy) is 5. The number of fused-ring (bicyclic) bond motifs is 1. The van der Waals surface area contributed by atoms with Gasteiger partial charge < -0.3 is 33.9 Å². The molecule has 0 radical (unpaired) electrons. The summed E-state index contributed by atoms with van der Waals surface area (Å²) in [5, 5.41) is 3.11. The van der Waals surface area contributed by atoms with Gasteiger partial charge in [0.1, 0.15) is 5.75 Å². The minimum absolute atomic E-state index is 0.199. The average Bonchev–Trinajstić information content (AvgIpc) is 2.99. The highest BCUT2D eigenvalue weighted by molar-refractivity contribution is 6.02. The lowest BCUT2D eigenvalue weighted by atomic mass is 9.79. The summed E-state index contributed by atoms with van der Waals surface area (Å²) in [5.41, 5.74) is 2.81. The van der Waals surface area contributed by atoms with Crippen molar-refractivity contribution in [2.24, 2.45) is 0 Å². The van der Waals surface area contributed by atoms with Gasteiger partial charge in [0.25, 0.3) is 5.91 Å². The lowest BCUT2D eigenvalue weighted by Gasteiger charge is -2.40. The minimum Gasteiger partial charge on any atom is -0.497 e. The topological polar surface area (TPSA) is 95.6 Å². The summed E-state index contributed by atoms with van der Waals surface area (Å²) >= 11 is 0. The van der Waals surface area contributed by atoms with Crippen molar-refractivity contribution in [1.82, 2.24) is 10.2 Å². The molecular weight excluding hydrogens is 524 g/mol. The van der Waals surface area contributed by atoms with Crippen LogP contribution in [0.5, 0.6) is 28.7 Å². The van der Waals surface area contributed by atoms with Crippen LogP contribution in [0.4, 0.5) is 0 Å². The van der Waals surface area contributed by atoms with E-state index in [2.05, 4.69) is 5.32 Å². The number of hydrogen-bond donors (Lipinski definition) is 1. The number of nitrogens with zero attached hydrogens (tertiary/aromatic N) is 1.